The molecule has 1 spiro atoms. The Morgan fingerprint density at radius 3 is 2.64 bits per heavy atom. The molecule has 0 aromatic carbocycles. The quantitative estimate of drug-likeness (QED) is 0.664. The molecular weight excluding hydrogens is 178 g/mol. The van der Waals surface area contributed by atoms with E-state index in [0.29, 0.717) is 6.04 Å². The first-order valence-electron chi connectivity index (χ1n) is 5.32. The molecule has 1 unspecified atom stereocenters. The third kappa shape index (κ3) is 1.21. The molecule has 1 N–H and O–H groups in total. The summed E-state index contributed by atoms with van der Waals surface area (Å²) in [6, 6.07) is 0.494. The molecule has 2 aliphatic rings. The number of likely N-dealkylation sites (N-methyl/N-ethyl adjacent to an activating group) is 1. The van der Waals surface area contributed by atoms with Crippen LogP contribution in [0.5, 0.6) is 0 Å². The zero-order chi connectivity index (χ0) is 10.3. The van der Waals surface area contributed by atoms with E-state index in [-0.39, 0.29) is 11.6 Å². The SMILES string of the molecule is CC(C)N1CC2(CCNC2)N(C)C1=O. The van der Waals surface area contributed by atoms with Crippen LogP contribution in [0, 0.1) is 0 Å². The third-order valence-corrected chi connectivity index (χ3v) is 3.55. The van der Waals surface area contributed by atoms with Gasteiger partial charge in [0, 0.05) is 26.2 Å². The fourth-order valence-corrected chi connectivity index (χ4v) is 2.44. The average Bonchev–Trinajstić information content (AvgIpc) is 2.68. The standard InChI is InChI=1S/C10H19N3O/c1-8(2)13-7-10(4-5-11-6-10)12(3)9(13)14/h8,11H,4-7H2,1-3H3. The summed E-state index contributed by atoms with van der Waals surface area (Å²) in [5, 5.41) is 3.34. The Labute approximate surface area is 85.2 Å². The maximum Gasteiger partial charge on any atom is 0.320 e. The molecule has 2 heterocycles. The van der Waals surface area contributed by atoms with E-state index in [2.05, 4.69) is 19.2 Å². The van der Waals surface area contributed by atoms with Crippen molar-refractivity contribution in [3.8, 4) is 0 Å². The van der Waals surface area contributed by atoms with E-state index < -0.39 is 0 Å². The molecule has 0 aromatic heterocycles. The smallest absolute Gasteiger partial charge is 0.320 e. The summed E-state index contributed by atoms with van der Waals surface area (Å²) in [5.74, 6) is 0. The second-order valence-electron chi connectivity index (χ2n) is 4.71. The van der Waals surface area contributed by atoms with Crippen LogP contribution in [0.3, 0.4) is 0 Å². The van der Waals surface area contributed by atoms with Crippen molar-refractivity contribution in [3.05, 3.63) is 0 Å². The summed E-state index contributed by atoms with van der Waals surface area (Å²) in [5.41, 5.74) is 0.0708. The van der Waals surface area contributed by atoms with Crippen molar-refractivity contribution in [2.45, 2.75) is 31.8 Å². The van der Waals surface area contributed by atoms with Gasteiger partial charge in [0.25, 0.3) is 0 Å². The van der Waals surface area contributed by atoms with Crippen LogP contribution in [0.2, 0.25) is 0 Å². The van der Waals surface area contributed by atoms with Crippen LogP contribution in [0.25, 0.3) is 0 Å². The van der Waals surface area contributed by atoms with Gasteiger partial charge >= 0.3 is 6.03 Å². The topological polar surface area (TPSA) is 35.6 Å². The van der Waals surface area contributed by atoms with E-state index in [0.717, 1.165) is 26.1 Å². The van der Waals surface area contributed by atoms with Crippen molar-refractivity contribution in [1.82, 2.24) is 15.1 Å². The minimum Gasteiger partial charge on any atom is -0.320 e. The molecule has 0 bridgehead atoms. The predicted octanol–water partition coefficient (Wildman–Crippen LogP) is 0.494. The Morgan fingerprint density at radius 2 is 2.21 bits per heavy atom. The minimum absolute atomic E-state index is 0.0708. The van der Waals surface area contributed by atoms with Gasteiger partial charge < -0.3 is 15.1 Å². The predicted molar refractivity (Wildman–Crippen MR) is 55.2 cm³/mol. The number of carbonyl (C=O) groups excluding carboxylic acids is 1. The molecule has 1 atom stereocenters. The molecule has 2 amide bonds. The number of hydrogen-bond acceptors (Lipinski definition) is 2. The van der Waals surface area contributed by atoms with Crippen molar-refractivity contribution in [1.29, 1.82) is 0 Å². The third-order valence-electron chi connectivity index (χ3n) is 3.55. The maximum absolute atomic E-state index is 11.9. The van der Waals surface area contributed by atoms with Crippen LogP contribution in [-0.4, -0.2) is 54.1 Å². The number of carbonyl (C=O) groups is 1. The van der Waals surface area contributed by atoms with Crippen molar-refractivity contribution >= 4 is 6.03 Å². The van der Waals surface area contributed by atoms with Crippen molar-refractivity contribution in [2.24, 2.45) is 0 Å². The first kappa shape index (κ1) is 9.77. The lowest BCUT2D eigenvalue weighted by atomic mass is 9.98. The molecule has 4 nitrogen and oxygen atoms in total. The van der Waals surface area contributed by atoms with Crippen LogP contribution >= 0.6 is 0 Å². The molecular formula is C10H19N3O. The fourth-order valence-electron chi connectivity index (χ4n) is 2.44. The maximum atomic E-state index is 11.9. The molecule has 0 saturated carbocycles. The highest BCUT2D eigenvalue weighted by atomic mass is 16.2. The Morgan fingerprint density at radius 1 is 1.50 bits per heavy atom. The monoisotopic (exact) mass is 197 g/mol. The molecule has 2 aliphatic heterocycles. The van der Waals surface area contributed by atoms with Gasteiger partial charge in [-0.05, 0) is 26.8 Å². The first-order chi connectivity index (χ1) is 6.57. The lowest BCUT2D eigenvalue weighted by Crippen LogP contribution is -2.46. The minimum atomic E-state index is 0.0708. The van der Waals surface area contributed by atoms with Gasteiger partial charge in [0.15, 0.2) is 0 Å². The van der Waals surface area contributed by atoms with Gasteiger partial charge in [-0.2, -0.15) is 0 Å². The molecule has 2 fully saturated rings. The second-order valence-corrected chi connectivity index (χ2v) is 4.71. The number of amides is 2. The van der Waals surface area contributed by atoms with Crippen molar-refractivity contribution in [3.63, 3.8) is 0 Å². The highest BCUT2D eigenvalue weighted by Gasteiger charge is 2.49. The van der Waals surface area contributed by atoms with Crippen LogP contribution in [0.1, 0.15) is 20.3 Å². The Bertz CT molecular complexity index is 242. The normalized spacial score (nSPS) is 32.7. The van der Waals surface area contributed by atoms with Crippen LogP contribution in [-0.2, 0) is 0 Å². The summed E-state index contributed by atoms with van der Waals surface area (Å²) in [7, 11) is 1.93. The lowest BCUT2D eigenvalue weighted by molar-refractivity contribution is 0.179. The summed E-state index contributed by atoms with van der Waals surface area (Å²) in [6.07, 6.45) is 1.08. The van der Waals surface area contributed by atoms with Gasteiger partial charge in [0.2, 0.25) is 0 Å². The average molecular weight is 197 g/mol. The van der Waals surface area contributed by atoms with Crippen molar-refractivity contribution in [2.75, 3.05) is 26.7 Å². The molecule has 14 heavy (non-hydrogen) atoms. The molecule has 0 aromatic rings. The first-order valence-corrected chi connectivity index (χ1v) is 5.32. The van der Waals surface area contributed by atoms with Crippen LogP contribution < -0.4 is 5.32 Å². The van der Waals surface area contributed by atoms with Gasteiger partial charge in [0.05, 0.1) is 5.54 Å². The van der Waals surface area contributed by atoms with E-state index in [1.165, 1.54) is 0 Å². The Kier molecular flexibility index (Phi) is 2.18. The molecule has 0 aliphatic carbocycles. The molecule has 0 radical (unpaired) electrons. The lowest BCUT2D eigenvalue weighted by Gasteiger charge is -2.28. The number of nitrogens with zero attached hydrogens (tertiary/aromatic N) is 2. The van der Waals surface area contributed by atoms with Gasteiger partial charge in [-0.3, -0.25) is 0 Å². The zero-order valence-corrected chi connectivity index (χ0v) is 9.21. The van der Waals surface area contributed by atoms with Gasteiger partial charge in [0.1, 0.15) is 0 Å². The van der Waals surface area contributed by atoms with E-state index in [1.54, 1.807) is 0 Å². The highest BCUT2D eigenvalue weighted by molar-refractivity contribution is 5.78. The summed E-state index contributed by atoms with van der Waals surface area (Å²) in [6.45, 7) is 7.01. The van der Waals surface area contributed by atoms with Gasteiger partial charge in [-0.15, -0.1) is 0 Å². The highest BCUT2D eigenvalue weighted by Crippen LogP contribution is 2.31. The summed E-state index contributed by atoms with van der Waals surface area (Å²) in [4.78, 5) is 15.8. The fraction of sp³-hybridized carbons (Fsp3) is 0.900. The number of nitrogens with one attached hydrogen (secondary N) is 1. The number of urea groups is 1. The Hall–Kier alpha value is -0.770. The Balaban J connectivity index is 2.20. The summed E-state index contributed by atoms with van der Waals surface area (Å²) < 4.78 is 0. The number of rotatable bonds is 1. The van der Waals surface area contributed by atoms with Gasteiger partial charge in [-0.1, -0.05) is 0 Å². The second kappa shape index (κ2) is 3.12. The van der Waals surface area contributed by atoms with E-state index >= 15 is 0 Å². The van der Waals surface area contributed by atoms with E-state index in [1.807, 2.05) is 16.8 Å². The number of hydrogen-bond donors (Lipinski definition) is 1. The van der Waals surface area contributed by atoms with E-state index in [9.17, 15) is 4.79 Å². The van der Waals surface area contributed by atoms with Gasteiger partial charge in [-0.25, -0.2) is 4.79 Å². The molecule has 4 heteroatoms. The zero-order valence-electron chi connectivity index (χ0n) is 9.21. The molecule has 2 saturated heterocycles. The molecule has 80 valence electrons. The molecule has 2 rings (SSSR count). The van der Waals surface area contributed by atoms with Crippen LogP contribution in [0.4, 0.5) is 4.79 Å². The van der Waals surface area contributed by atoms with Crippen LogP contribution in [0.15, 0.2) is 0 Å². The van der Waals surface area contributed by atoms with Crippen molar-refractivity contribution < 1.29 is 4.79 Å². The van der Waals surface area contributed by atoms with E-state index in [4.69, 9.17) is 0 Å². The summed E-state index contributed by atoms with van der Waals surface area (Å²) >= 11 is 0. The largest absolute Gasteiger partial charge is 0.320 e.